The topological polar surface area (TPSA) is 59.1 Å². The van der Waals surface area contributed by atoms with Crippen LogP contribution in [0.4, 0.5) is 5.13 Å². The third-order valence-electron chi connectivity index (χ3n) is 4.42. The molecule has 0 fully saturated rings. The Morgan fingerprint density at radius 2 is 1.75 bits per heavy atom. The van der Waals surface area contributed by atoms with E-state index in [9.17, 15) is 9.59 Å². The molecule has 0 radical (unpaired) electrons. The summed E-state index contributed by atoms with van der Waals surface area (Å²) in [5.74, 6) is -0.237. The van der Waals surface area contributed by atoms with Gasteiger partial charge in [-0.3, -0.25) is 9.59 Å². The quantitative estimate of drug-likeness (QED) is 0.506. The average Bonchev–Trinajstić information content (AvgIpc) is 3.00. The van der Waals surface area contributed by atoms with Crippen LogP contribution in [0, 0.1) is 20.8 Å². The summed E-state index contributed by atoms with van der Waals surface area (Å²) >= 11 is 7.35. The number of benzene rings is 2. The number of hydrogen-bond donors (Lipinski definition) is 1. The number of aromatic nitrogens is 1. The van der Waals surface area contributed by atoms with Crippen molar-refractivity contribution in [1.29, 1.82) is 0 Å². The molecule has 0 bridgehead atoms. The van der Waals surface area contributed by atoms with Crippen molar-refractivity contribution < 1.29 is 9.59 Å². The van der Waals surface area contributed by atoms with Gasteiger partial charge in [-0.25, -0.2) is 4.98 Å². The molecular formula is C22H21ClN2O2S. The van der Waals surface area contributed by atoms with Crippen molar-refractivity contribution in [2.75, 3.05) is 5.32 Å². The molecule has 3 aromatic rings. The predicted octanol–water partition coefficient (Wildman–Crippen LogP) is 5.99. The van der Waals surface area contributed by atoms with E-state index in [0.717, 1.165) is 27.3 Å². The Balaban J connectivity index is 1.61. The highest BCUT2D eigenvalue weighted by atomic mass is 35.5. The van der Waals surface area contributed by atoms with E-state index in [1.165, 1.54) is 11.3 Å². The van der Waals surface area contributed by atoms with E-state index in [2.05, 4.69) is 10.3 Å². The molecule has 1 heterocycles. The molecule has 1 aromatic heterocycles. The number of carbonyl (C=O) groups excluding carboxylic acids is 2. The minimum atomic E-state index is -0.213. The van der Waals surface area contributed by atoms with Gasteiger partial charge in [-0.05, 0) is 38.5 Å². The van der Waals surface area contributed by atoms with E-state index >= 15 is 0 Å². The van der Waals surface area contributed by atoms with Crippen LogP contribution in [0.1, 0.15) is 39.2 Å². The molecule has 4 nitrogen and oxygen atoms in total. The number of hydrogen-bond acceptors (Lipinski definition) is 4. The average molecular weight is 413 g/mol. The number of ketones is 1. The van der Waals surface area contributed by atoms with Gasteiger partial charge in [-0.15, -0.1) is 11.3 Å². The van der Waals surface area contributed by atoms with Crippen molar-refractivity contribution in [3.8, 4) is 11.3 Å². The molecule has 0 saturated heterocycles. The molecule has 1 N–H and O–H groups in total. The zero-order valence-electron chi connectivity index (χ0n) is 16.0. The molecule has 6 heteroatoms. The molecule has 0 atom stereocenters. The summed E-state index contributed by atoms with van der Waals surface area (Å²) in [6.07, 6.45) is 0.297. The Bertz CT molecular complexity index is 1030. The lowest BCUT2D eigenvalue weighted by atomic mass is 9.99. The largest absolute Gasteiger partial charge is 0.302 e. The molecule has 0 aliphatic rings. The maximum atomic E-state index is 12.4. The normalized spacial score (nSPS) is 10.7. The highest BCUT2D eigenvalue weighted by Gasteiger charge is 2.15. The summed E-state index contributed by atoms with van der Waals surface area (Å²) in [7, 11) is 0. The van der Waals surface area contributed by atoms with Crippen LogP contribution in [0.2, 0.25) is 5.02 Å². The summed E-state index contributed by atoms with van der Waals surface area (Å²) in [5, 5.41) is 4.00. The molecule has 0 aliphatic heterocycles. The Labute approximate surface area is 173 Å². The molecule has 0 saturated carbocycles. The smallest absolute Gasteiger partial charge is 0.226 e. The van der Waals surface area contributed by atoms with Crippen LogP contribution in [-0.4, -0.2) is 16.7 Å². The molecular weight excluding hydrogens is 392 g/mol. The maximum absolute atomic E-state index is 12.4. The number of nitrogens with zero attached hydrogens (tertiary/aromatic N) is 1. The van der Waals surface area contributed by atoms with Gasteiger partial charge in [0.05, 0.1) is 5.69 Å². The first-order valence-corrected chi connectivity index (χ1v) is 10.2. The van der Waals surface area contributed by atoms with Crippen molar-refractivity contribution in [3.63, 3.8) is 0 Å². The maximum Gasteiger partial charge on any atom is 0.226 e. The van der Waals surface area contributed by atoms with Gasteiger partial charge in [0.15, 0.2) is 10.9 Å². The van der Waals surface area contributed by atoms with Gasteiger partial charge < -0.3 is 5.32 Å². The molecule has 0 spiro atoms. The van der Waals surface area contributed by atoms with E-state index < -0.39 is 0 Å². The third-order valence-corrected chi connectivity index (χ3v) is 5.56. The Kier molecular flexibility index (Phi) is 6.27. The summed E-state index contributed by atoms with van der Waals surface area (Å²) < 4.78 is 0. The van der Waals surface area contributed by atoms with E-state index in [1.54, 1.807) is 0 Å². The highest BCUT2D eigenvalue weighted by Crippen LogP contribution is 2.31. The second-order valence-corrected chi connectivity index (χ2v) is 8.36. The molecule has 3 rings (SSSR count). The van der Waals surface area contributed by atoms with Crippen LogP contribution in [0.5, 0.6) is 0 Å². The zero-order valence-corrected chi connectivity index (χ0v) is 17.6. The van der Waals surface area contributed by atoms with Crippen molar-refractivity contribution in [1.82, 2.24) is 4.98 Å². The summed E-state index contributed by atoms with van der Waals surface area (Å²) in [4.78, 5) is 30.2. The Morgan fingerprint density at radius 3 is 2.43 bits per heavy atom. The Morgan fingerprint density at radius 1 is 1.04 bits per heavy atom. The van der Waals surface area contributed by atoms with Crippen LogP contribution in [0.3, 0.4) is 0 Å². The van der Waals surface area contributed by atoms with E-state index in [1.807, 2.05) is 63.2 Å². The Hall–Kier alpha value is -2.50. The molecule has 2 aromatic carbocycles. The fraction of sp³-hybridized carbons (Fsp3) is 0.227. The lowest BCUT2D eigenvalue weighted by Crippen LogP contribution is -2.13. The minimum absolute atomic E-state index is 0.0233. The van der Waals surface area contributed by atoms with E-state index in [0.29, 0.717) is 15.7 Å². The first kappa shape index (κ1) is 20.2. The zero-order chi connectivity index (χ0) is 20.3. The monoisotopic (exact) mass is 412 g/mol. The summed E-state index contributed by atoms with van der Waals surface area (Å²) in [6, 6.07) is 13.1. The van der Waals surface area contributed by atoms with Crippen LogP contribution in [-0.2, 0) is 4.79 Å². The van der Waals surface area contributed by atoms with Gasteiger partial charge in [0.2, 0.25) is 5.91 Å². The van der Waals surface area contributed by atoms with Crippen molar-refractivity contribution in [2.24, 2.45) is 0 Å². The first-order chi connectivity index (χ1) is 13.3. The number of halogens is 1. The standard InChI is InChI=1S/C22H21ClN2O2S/c1-13-4-9-18(14(2)12-13)19(26)10-11-20(27)24-22-25-21(15(3)28-22)16-5-7-17(23)8-6-16/h4-9,12H,10-11H2,1-3H3,(H,24,25,27). The second-order valence-electron chi connectivity index (χ2n) is 6.72. The lowest BCUT2D eigenvalue weighted by molar-refractivity contribution is -0.116. The number of nitrogens with one attached hydrogen (secondary N) is 1. The van der Waals surface area contributed by atoms with Gasteiger partial charge in [0.1, 0.15) is 0 Å². The second kappa shape index (κ2) is 8.67. The van der Waals surface area contributed by atoms with Gasteiger partial charge in [0, 0.05) is 33.9 Å². The van der Waals surface area contributed by atoms with Gasteiger partial charge in [-0.2, -0.15) is 0 Å². The van der Waals surface area contributed by atoms with Gasteiger partial charge in [-0.1, -0.05) is 47.5 Å². The van der Waals surface area contributed by atoms with Crippen molar-refractivity contribution in [2.45, 2.75) is 33.6 Å². The highest BCUT2D eigenvalue weighted by molar-refractivity contribution is 7.16. The number of aryl methyl sites for hydroxylation is 3. The third kappa shape index (κ3) is 4.86. The van der Waals surface area contributed by atoms with Crippen LogP contribution in [0.15, 0.2) is 42.5 Å². The van der Waals surface area contributed by atoms with Crippen LogP contribution in [0.25, 0.3) is 11.3 Å². The van der Waals surface area contributed by atoms with Crippen molar-refractivity contribution in [3.05, 3.63) is 69.1 Å². The molecule has 28 heavy (non-hydrogen) atoms. The number of anilines is 1. The van der Waals surface area contributed by atoms with Gasteiger partial charge in [0.25, 0.3) is 0 Å². The van der Waals surface area contributed by atoms with Crippen LogP contribution >= 0.6 is 22.9 Å². The number of carbonyl (C=O) groups is 2. The fourth-order valence-corrected chi connectivity index (χ4v) is 3.97. The minimum Gasteiger partial charge on any atom is -0.302 e. The predicted molar refractivity (Wildman–Crippen MR) is 115 cm³/mol. The number of rotatable bonds is 6. The van der Waals surface area contributed by atoms with E-state index in [4.69, 9.17) is 11.6 Å². The van der Waals surface area contributed by atoms with Gasteiger partial charge >= 0.3 is 0 Å². The molecule has 144 valence electrons. The number of Topliss-reactive ketones (excluding diaryl/α,β-unsaturated/α-hetero) is 1. The lowest BCUT2D eigenvalue weighted by Gasteiger charge is -2.06. The van der Waals surface area contributed by atoms with Crippen LogP contribution < -0.4 is 5.32 Å². The molecule has 1 amide bonds. The molecule has 0 aliphatic carbocycles. The van der Waals surface area contributed by atoms with Crippen molar-refractivity contribution >= 4 is 39.8 Å². The summed E-state index contributed by atoms with van der Waals surface area (Å²) in [5.41, 5.74) is 4.50. The summed E-state index contributed by atoms with van der Waals surface area (Å²) in [6.45, 7) is 5.86. The fourth-order valence-electron chi connectivity index (χ4n) is 3.00. The molecule has 0 unspecified atom stereocenters. The first-order valence-electron chi connectivity index (χ1n) is 8.97. The number of amides is 1. The number of thiazole rings is 1. The van der Waals surface area contributed by atoms with E-state index in [-0.39, 0.29) is 24.5 Å². The SMILES string of the molecule is Cc1ccc(C(=O)CCC(=O)Nc2nc(-c3ccc(Cl)cc3)c(C)s2)c(C)c1.